The van der Waals surface area contributed by atoms with Crippen LogP contribution in [0.25, 0.3) is 22.2 Å². The Morgan fingerprint density at radius 3 is 2.38 bits per heavy atom. The maximum absolute atomic E-state index is 12.1. The fourth-order valence-electron chi connectivity index (χ4n) is 2.78. The number of aryl methyl sites for hydroxylation is 2. The second kappa shape index (κ2) is 6.57. The zero-order valence-electron chi connectivity index (χ0n) is 14.1. The molecule has 0 amide bonds. The third kappa shape index (κ3) is 3.10. The molecule has 0 saturated carbocycles. The fourth-order valence-corrected chi connectivity index (χ4v) is 2.78. The van der Waals surface area contributed by atoms with E-state index in [9.17, 15) is 19.8 Å². The van der Waals surface area contributed by atoms with E-state index in [1.54, 1.807) is 12.1 Å². The lowest BCUT2D eigenvalue weighted by atomic mass is 10.1. The Morgan fingerprint density at radius 2 is 1.73 bits per heavy atom. The highest BCUT2D eigenvalue weighted by atomic mass is 16.5. The molecule has 2 heterocycles. The second-order valence-electron chi connectivity index (χ2n) is 6.22. The highest BCUT2D eigenvalue weighted by molar-refractivity contribution is 5.80. The molecule has 1 aromatic carbocycles. The molecule has 2 atom stereocenters. The van der Waals surface area contributed by atoms with E-state index in [0.717, 1.165) is 11.1 Å². The van der Waals surface area contributed by atoms with Gasteiger partial charge in [-0.05, 0) is 37.1 Å². The molecule has 3 rings (SSSR count). The highest BCUT2D eigenvalue weighted by Crippen LogP contribution is 2.17. The first kappa shape index (κ1) is 18.1. The van der Waals surface area contributed by atoms with Crippen molar-refractivity contribution in [3.8, 4) is 0 Å². The summed E-state index contributed by atoms with van der Waals surface area (Å²) >= 11 is 0. The van der Waals surface area contributed by atoms with Crippen molar-refractivity contribution in [1.82, 2.24) is 15.0 Å². The van der Waals surface area contributed by atoms with E-state index in [1.165, 1.54) is 4.57 Å². The van der Waals surface area contributed by atoms with Gasteiger partial charge < -0.3 is 20.4 Å². The van der Waals surface area contributed by atoms with Crippen LogP contribution in [0.4, 0.5) is 0 Å². The zero-order valence-corrected chi connectivity index (χ0v) is 14.1. The van der Waals surface area contributed by atoms with Crippen LogP contribution in [-0.2, 0) is 6.54 Å². The van der Waals surface area contributed by atoms with Crippen molar-refractivity contribution < 1.29 is 25.0 Å². The SMILES string of the molecule is Cc1cc2nc3c(=O)[nH]c(=O)[nH]c3[n+](CC(O)C(O)C(O)O)c2cc1C. The number of aromatic amines is 2. The van der Waals surface area contributed by atoms with Crippen LogP contribution >= 0.6 is 0 Å². The average molecular weight is 363 g/mol. The van der Waals surface area contributed by atoms with E-state index in [0.29, 0.717) is 11.0 Å². The molecule has 10 nitrogen and oxygen atoms in total. The summed E-state index contributed by atoms with van der Waals surface area (Å²) in [5.74, 6) is 0. The van der Waals surface area contributed by atoms with Gasteiger partial charge in [-0.1, -0.05) is 0 Å². The average Bonchev–Trinajstić information content (AvgIpc) is 2.56. The lowest BCUT2D eigenvalue weighted by Crippen LogP contribution is -2.50. The van der Waals surface area contributed by atoms with E-state index in [1.807, 2.05) is 13.8 Å². The molecule has 3 aromatic rings. The van der Waals surface area contributed by atoms with Crippen molar-refractivity contribution >= 4 is 22.2 Å². The minimum atomic E-state index is -2.14. The van der Waals surface area contributed by atoms with Gasteiger partial charge in [-0.15, -0.1) is 0 Å². The van der Waals surface area contributed by atoms with Gasteiger partial charge in [0.2, 0.25) is 5.52 Å². The number of H-pyrrole nitrogens is 2. The van der Waals surface area contributed by atoms with Gasteiger partial charge in [0.15, 0.2) is 11.8 Å². The minimum Gasteiger partial charge on any atom is -0.386 e. The molecule has 10 heteroatoms. The second-order valence-corrected chi connectivity index (χ2v) is 6.22. The van der Waals surface area contributed by atoms with Crippen LogP contribution in [-0.4, -0.2) is 53.9 Å². The Hall–Kier alpha value is -2.66. The summed E-state index contributed by atoms with van der Waals surface area (Å²) in [4.78, 5) is 32.7. The number of aliphatic hydroxyl groups excluding tert-OH is 3. The third-order valence-corrected chi connectivity index (χ3v) is 4.35. The number of rotatable bonds is 4. The largest absolute Gasteiger partial charge is 0.413 e. The van der Waals surface area contributed by atoms with Gasteiger partial charge in [-0.2, -0.15) is 4.98 Å². The van der Waals surface area contributed by atoms with Crippen molar-refractivity contribution in [2.75, 3.05) is 0 Å². The summed E-state index contributed by atoms with van der Waals surface area (Å²) in [6, 6.07) is 3.53. The van der Waals surface area contributed by atoms with Crippen LogP contribution in [0.2, 0.25) is 0 Å². The molecule has 26 heavy (non-hydrogen) atoms. The predicted molar refractivity (Wildman–Crippen MR) is 90.4 cm³/mol. The number of hydrogen-bond acceptors (Lipinski definition) is 7. The molecular weight excluding hydrogens is 344 g/mol. The number of nitrogens with one attached hydrogen (secondary N) is 2. The number of aromatic nitrogens is 4. The van der Waals surface area contributed by atoms with Crippen LogP contribution in [0.3, 0.4) is 0 Å². The number of aliphatic hydroxyl groups is 4. The van der Waals surface area contributed by atoms with Crippen LogP contribution < -0.4 is 15.8 Å². The number of nitrogens with zero attached hydrogens (tertiary/aromatic N) is 2. The van der Waals surface area contributed by atoms with Crippen LogP contribution in [0.15, 0.2) is 21.7 Å². The summed E-state index contributed by atoms with van der Waals surface area (Å²) in [5, 5.41) is 38.0. The van der Waals surface area contributed by atoms with Crippen LogP contribution in [0.1, 0.15) is 11.1 Å². The molecular formula is C16H19N4O6+. The topological polar surface area (TPSA) is 163 Å². The van der Waals surface area contributed by atoms with Gasteiger partial charge in [0.1, 0.15) is 24.3 Å². The lowest BCUT2D eigenvalue weighted by molar-refractivity contribution is -0.657. The van der Waals surface area contributed by atoms with Gasteiger partial charge in [0, 0.05) is 0 Å². The van der Waals surface area contributed by atoms with E-state index < -0.39 is 29.7 Å². The first-order chi connectivity index (χ1) is 12.2. The Bertz CT molecular complexity index is 1100. The number of fused-ring (bicyclic) bond motifs is 2. The third-order valence-electron chi connectivity index (χ3n) is 4.35. The van der Waals surface area contributed by atoms with E-state index in [4.69, 9.17) is 10.2 Å². The molecule has 0 fully saturated rings. The summed E-state index contributed by atoms with van der Waals surface area (Å²) in [6.07, 6.45) is -5.55. The fraction of sp³-hybridized carbons (Fsp3) is 0.375. The molecule has 0 spiro atoms. The molecule has 2 aromatic heterocycles. The van der Waals surface area contributed by atoms with Crippen LogP contribution in [0, 0.1) is 13.8 Å². The van der Waals surface area contributed by atoms with Crippen molar-refractivity contribution in [2.45, 2.75) is 38.9 Å². The van der Waals surface area contributed by atoms with Gasteiger partial charge in [-0.25, -0.2) is 14.3 Å². The first-order valence-corrected chi connectivity index (χ1v) is 7.88. The molecule has 138 valence electrons. The summed E-state index contributed by atoms with van der Waals surface area (Å²) in [6.45, 7) is 3.44. The van der Waals surface area contributed by atoms with Crippen molar-refractivity contribution in [2.24, 2.45) is 0 Å². The molecule has 0 saturated heterocycles. The van der Waals surface area contributed by atoms with Crippen LogP contribution in [0.5, 0.6) is 0 Å². The summed E-state index contributed by atoms with van der Waals surface area (Å²) in [7, 11) is 0. The zero-order chi connectivity index (χ0) is 19.2. The molecule has 6 N–H and O–H groups in total. The molecule has 0 aliphatic carbocycles. The number of hydrogen-bond donors (Lipinski definition) is 6. The first-order valence-electron chi connectivity index (χ1n) is 7.88. The predicted octanol–water partition coefficient (Wildman–Crippen LogP) is -2.30. The maximum Gasteiger partial charge on any atom is 0.413 e. The van der Waals surface area contributed by atoms with Crippen molar-refractivity contribution in [3.63, 3.8) is 0 Å². The Balaban J connectivity index is 2.36. The Labute approximate surface area is 146 Å². The normalized spacial score (nSPS) is 14.3. The minimum absolute atomic E-state index is 0.0492. The van der Waals surface area contributed by atoms with E-state index in [-0.39, 0.29) is 17.7 Å². The molecule has 0 aliphatic heterocycles. The Morgan fingerprint density at radius 1 is 1.08 bits per heavy atom. The molecule has 0 aliphatic rings. The molecule has 2 unspecified atom stereocenters. The van der Waals surface area contributed by atoms with Crippen molar-refractivity contribution in [3.05, 3.63) is 44.1 Å². The highest BCUT2D eigenvalue weighted by Gasteiger charge is 2.28. The Kier molecular flexibility index (Phi) is 4.59. The summed E-state index contributed by atoms with van der Waals surface area (Å²) < 4.78 is 1.41. The summed E-state index contributed by atoms with van der Waals surface area (Å²) in [5.41, 5.74) is 1.35. The van der Waals surface area contributed by atoms with Gasteiger partial charge in [0.25, 0.3) is 5.56 Å². The molecule has 0 bridgehead atoms. The monoisotopic (exact) mass is 363 g/mol. The standard InChI is InChI=1S/C16H18N4O6/c1-6-3-8-9(4-7(6)2)20(5-10(21)12(22)15(24)25)13-11(17-8)14(23)19-16(26)18-13/h3-4,10,12,15,21-22,24-25H,5H2,1-2H3,(H,19,23,26)/p+1. The lowest BCUT2D eigenvalue weighted by Gasteiger charge is -2.19. The smallest absolute Gasteiger partial charge is 0.386 e. The number of benzene rings is 1. The maximum atomic E-state index is 12.1. The van der Waals surface area contributed by atoms with Crippen molar-refractivity contribution in [1.29, 1.82) is 0 Å². The van der Waals surface area contributed by atoms with E-state index >= 15 is 0 Å². The van der Waals surface area contributed by atoms with Gasteiger partial charge >= 0.3 is 11.3 Å². The van der Waals surface area contributed by atoms with Gasteiger partial charge in [0.05, 0.1) is 0 Å². The van der Waals surface area contributed by atoms with Gasteiger partial charge in [-0.3, -0.25) is 9.78 Å². The van der Waals surface area contributed by atoms with E-state index in [2.05, 4.69) is 15.0 Å². The quantitative estimate of drug-likeness (QED) is 0.172. The molecule has 0 radical (unpaired) electrons.